The summed E-state index contributed by atoms with van der Waals surface area (Å²) in [7, 11) is 1.42. The fourth-order valence-corrected chi connectivity index (χ4v) is 2.04. The van der Waals surface area contributed by atoms with Crippen LogP contribution in [0.2, 0.25) is 0 Å². The lowest BCUT2D eigenvalue weighted by Crippen LogP contribution is -2.37. The third kappa shape index (κ3) is 5.48. The van der Waals surface area contributed by atoms with Crippen LogP contribution in [0.5, 0.6) is 0 Å². The maximum absolute atomic E-state index is 11.2. The first-order valence-corrected chi connectivity index (χ1v) is 6.35. The first kappa shape index (κ1) is 14.4. The summed E-state index contributed by atoms with van der Waals surface area (Å²) in [4.78, 5) is 15.6. The standard InChI is InChI=1S/C12H24N2O3/c1-3-11(15)9-13-5-4-6-14(8-7-13)10-12(16)17-2/h11,15H,3-10H2,1-2H3/t11-/m1/s1. The molecule has 1 fully saturated rings. The molecule has 1 heterocycles. The lowest BCUT2D eigenvalue weighted by Gasteiger charge is -2.23. The number of β-amino-alcohol motifs (C(OH)–C–C–N with tert-alkyl or cyclic N) is 1. The first-order chi connectivity index (χ1) is 8.15. The summed E-state index contributed by atoms with van der Waals surface area (Å²) in [6.45, 7) is 6.80. The van der Waals surface area contributed by atoms with Gasteiger partial charge in [-0.25, -0.2) is 0 Å². The second kappa shape index (κ2) is 7.63. The molecule has 0 aromatic carbocycles. The molecule has 0 bridgehead atoms. The molecule has 1 rings (SSSR count). The van der Waals surface area contributed by atoms with Crippen LogP contribution in [0.3, 0.4) is 0 Å². The monoisotopic (exact) mass is 244 g/mol. The molecule has 17 heavy (non-hydrogen) atoms. The summed E-state index contributed by atoms with van der Waals surface area (Å²) in [6, 6.07) is 0. The molecule has 0 radical (unpaired) electrons. The Morgan fingerprint density at radius 3 is 2.59 bits per heavy atom. The highest BCUT2D eigenvalue weighted by Gasteiger charge is 2.18. The third-order valence-electron chi connectivity index (χ3n) is 3.20. The van der Waals surface area contributed by atoms with E-state index in [1.807, 2.05) is 6.92 Å². The van der Waals surface area contributed by atoms with Crippen molar-refractivity contribution < 1.29 is 14.6 Å². The molecule has 0 spiro atoms. The first-order valence-electron chi connectivity index (χ1n) is 6.35. The minimum Gasteiger partial charge on any atom is -0.468 e. The second-order valence-electron chi connectivity index (χ2n) is 4.57. The molecule has 0 aromatic rings. The van der Waals surface area contributed by atoms with Gasteiger partial charge in [-0.1, -0.05) is 6.92 Å². The number of nitrogens with zero attached hydrogens (tertiary/aromatic N) is 2. The van der Waals surface area contributed by atoms with Crippen molar-refractivity contribution in [1.29, 1.82) is 0 Å². The van der Waals surface area contributed by atoms with Gasteiger partial charge >= 0.3 is 5.97 Å². The quantitative estimate of drug-likeness (QED) is 0.687. The third-order valence-corrected chi connectivity index (χ3v) is 3.20. The largest absolute Gasteiger partial charge is 0.468 e. The summed E-state index contributed by atoms with van der Waals surface area (Å²) in [6.07, 6.45) is 1.60. The number of carbonyl (C=O) groups is 1. The zero-order valence-electron chi connectivity index (χ0n) is 10.9. The van der Waals surface area contributed by atoms with Crippen molar-refractivity contribution in [1.82, 2.24) is 9.80 Å². The topological polar surface area (TPSA) is 53.0 Å². The van der Waals surface area contributed by atoms with E-state index in [9.17, 15) is 9.90 Å². The Hall–Kier alpha value is -0.650. The van der Waals surface area contributed by atoms with Crippen LogP contribution in [0.15, 0.2) is 0 Å². The number of methoxy groups -OCH3 is 1. The molecular formula is C12H24N2O3. The highest BCUT2D eigenvalue weighted by Crippen LogP contribution is 2.05. The normalized spacial score (nSPS) is 20.9. The van der Waals surface area contributed by atoms with Crippen molar-refractivity contribution >= 4 is 5.97 Å². The highest BCUT2D eigenvalue weighted by atomic mass is 16.5. The van der Waals surface area contributed by atoms with Crippen molar-refractivity contribution in [2.24, 2.45) is 0 Å². The summed E-state index contributed by atoms with van der Waals surface area (Å²) in [5.74, 6) is -0.174. The molecule has 1 atom stereocenters. The maximum atomic E-state index is 11.2. The van der Waals surface area contributed by atoms with E-state index >= 15 is 0 Å². The maximum Gasteiger partial charge on any atom is 0.319 e. The summed E-state index contributed by atoms with van der Waals surface area (Å²) in [5, 5.41) is 9.62. The van der Waals surface area contributed by atoms with Crippen LogP contribution in [0.25, 0.3) is 0 Å². The van der Waals surface area contributed by atoms with E-state index in [1.165, 1.54) is 7.11 Å². The number of rotatable bonds is 5. The van der Waals surface area contributed by atoms with Gasteiger partial charge in [-0.3, -0.25) is 14.6 Å². The number of ether oxygens (including phenoxy) is 1. The minimum atomic E-state index is -0.234. The van der Waals surface area contributed by atoms with Crippen molar-refractivity contribution in [3.8, 4) is 0 Å². The zero-order valence-corrected chi connectivity index (χ0v) is 10.9. The minimum absolute atomic E-state index is 0.174. The Morgan fingerprint density at radius 1 is 1.29 bits per heavy atom. The molecule has 5 nitrogen and oxygen atoms in total. The van der Waals surface area contributed by atoms with E-state index in [0.717, 1.165) is 45.6 Å². The molecule has 0 aliphatic carbocycles. The van der Waals surface area contributed by atoms with E-state index in [0.29, 0.717) is 6.54 Å². The number of carbonyl (C=O) groups excluding carboxylic acids is 1. The van der Waals surface area contributed by atoms with Gasteiger partial charge in [0, 0.05) is 26.2 Å². The molecule has 1 aliphatic rings. The van der Waals surface area contributed by atoms with E-state index < -0.39 is 0 Å². The van der Waals surface area contributed by atoms with E-state index in [-0.39, 0.29) is 12.1 Å². The average Bonchev–Trinajstić information content (AvgIpc) is 2.54. The van der Waals surface area contributed by atoms with Crippen LogP contribution >= 0.6 is 0 Å². The molecule has 0 aromatic heterocycles. The lowest BCUT2D eigenvalue weighted by atomic mass is 10.2. The summed E-state index contributed by atoms with van der Waals surface area (Å²) in [5.41, 5.74) is 0. The van der Waals surface area contributed by atoms with Gasteiger partial charge in [-0.2, -0.15) is 0 Å². The van der Waals surface area contributed by atoms with Gasteiger partial charge in [0.1, 0.15) is 0 Å². The fourth-order valence-electron chi connectivity index (χ4n) is 2.04. The molecule has 1 aliphatic heterocycles. The molecule has 100 valence electrons. The SMILES string of the molecule is CC[C@@H](O)CN1CCCN(CC(=O)OC)CC1. The Kier molecular flexibility index (Phi) is 6.47. The van der Waals surface area contributed by atoms with Crippen LogP contribution in [0.4, 0.5) is 0 Å². The highest BCUT2D eigenvalue weighted by molar-refractivity contribution is 5.71. The van der Waals surface area contributed by atoms with E-state index in [2.05, 4.69) is 14.5 Å². The second-order valence-corrected chi connectivity index (χ2v) is 4.57. The van der Waals surface area contributed by atoms with Crippen LogP contribution in [-0.4, -0.2) is 73.4 Å². The Morgan fingerprint density at radius 2 is 1.94 bits per heavy atom. The van der Waals surface area contributed by atoms with Crippen molar-refractivity contribution in [2.45, 2.75) is 25.9 Å². The van der Waals surface area contributed by atoms with Gasteiger partial charge in [0.05, 0.1) is 19.8 Å². The smallest absolute Gasteiger partial charge is 0.319 e. The Balaban J connectivity index is 2.31. The van der Waals surface area contributed by atoms with E-state index in [1.54, 1.807) is 0 Å². The van der Waals surface area contributed by atoms with Crippen molar-refractivity contribution in [3.63, 3.8) is 0 Å². The molecular weight excluding hydrogens is 220 g/mol. The predicted molar refractivity (Wildman–Crippen MR) is 65.8 cm³/mol. The number of esters is 1. The van der Waals surface area contributed by atoms with Gasteiger partial charge in [-0.05, 0) is 19.4 Å². The average molecular weight is 244 g/mol. The van der Waals surface area contributed by atoms with Crippen molar-refractivity contribution in [2.75, 3.05) is 46.4 Å². The van der Waals surface area contributed by atoms with Crippen LogP contribution in [0, 0.1) is 0 Å². The van der Waals surface area contributed by atoms with Gasteiger partial charge in [0.2, 0.25) is 0 Å². The van der Waals surface area contributed by atoms with Gasteiger partial charge in [0.25, 0.3) is 0 Å². The Labute approximate surface area is 103 Å². The van der Waals surface area contributed by atoms with Crippen LogP contribution in [0.1, 0.15) is 19.8 Å². The molecule has 5 heteroatoms. The van der Waals surface area contributed by atoms with Gasteiger partial charge in [-0.15, -0.1) is 0 Å². The summed E-state index contributed by atoms with van der Waals surface area (Å²) < 4.78 is 4.67. The molecule has 0 unspecified atom stereocenters. The molecule has 1 saturated heterocycles. The number of aliphatic hydroxyl groups excluding tert-OH is 1. The number of hydrogen-bond donors (Lipinski definition) is 1. The van der Waals surface area contributed by atoms with Gasteiger partial charge < -0.3 is 9.84 Å². The fraction of sp³-hybridized carbons (Fsp3) is 0.917. The van der Waals surface area contributed by atoms with E-state index in [4.69, 9.17) is 0 Å². The lowest BCUT2D eigenvalue weighted by molar-refractivity contribution is -0.141. The predicted octanol–water partition coefficient (Wildman–Crippen LogP) is -0.0620. The van der Waals surface area contributed by atoms with Crippen LogP contribution in [-0.2, 0) is 9.53 Å². The molecule has 1 N–H and O–H groups in total. The van der Waals surface area contributed by atoms with Crippen LogP contribution < -0.4 is 0 Å². The van der Waals surface area contributed by atoms with Gasteiger partial charge in [0.15, 0.2) is 0 Å². The zero-order chi connectivity index (χ0) is 12.7. The van der Waals surface area contributed by atoms with Crippen molar-refractivity contribution in [3.05, 3.63) is 0 Å². The molecule has 0 amide bonds. The number of aliphatic hydroxyl groups is 1. The molecule has 0 saturated carbocycles. The summed E-state index contributed by atoms with van der Waals surface area (Å²) >= 11 is 0. The Bertz CT molecular complexity index is 236. The number of hydrogen-bond acceptors (Lipinski definition) is 5.